The fourth-order valence-corrected chi connectivity index (χ4v) is 2.05. The Bertz CT molecular complexity index is 800. The molecule has 0 bridgehead atoms. The zero-order valence-corrected chi connectivity index (χ0v) is 12.8. The van der Waals surface area contributed by atoms with E-state index >= 15 is 0 Å². The second-order valence-electron chi connectivity index (χ2n) is 5.11. The Kier molecular flexibility index (Phi) is 4.18. The molecule has 0 fully saturated rings. The molecular formula is C16H16FN5O. The lowest BCUT2D eigenvalue weighted by Gasteiger charge is -2.08. The molecule has 118 valence electrons. The van der Waals surface area contributed by atoms with Crippen LogP contribution in [-0.4, -0.2) is 20.2 Å². The average Bonchev–Trinajstić information content (AvgIpc) is 2.91. The van der Waals surface area contributed by atoms with Crippen LogP contribution in [0.3, 0.4) is 0 Å². The SMILES string of the molecule is Cc1cc(Nc2cc(C)[nH]n2)nc(COc2ccc(F)cc2)n1. The summed E-state index contributed by atoms with van der Waals surface area (Å²) in [4.78, 5) is 8.73. The van der Waals surface area contributed by atoms with Crippen LogP contribution in [-0.2, 0) is 6.61 Å². The molecule has 0 saturated carbocycles. The van der Waals surface area contributed by atoms with Crippen LogP contribution >= 0.6 is 0 Å². The highest BCUT2D eigenvalue weighted by Gasteiger charge is 2.06. The first-order chi connectivity index (χ1) is 11.1. The summed E-state index contributed by atoms with van der Waals surface area (Å²) in [7, 11) is 0. The van der Waals surface area contributed by atoms with E-state index in [9.17, 15) is 4.39 Å². The van der Waals surface area contributed by atoms with Gasteiger partial charge >= 0.3 is 0 Å². The molecule has 0 radical (unpaired) electrons. The first kappa shape index (κ1) is 15.0. The number of nitrogens with one attached hydrogen (secondary N) is 2. The van der Waals surface area contributed by atoms with E-state index in [-0.39, 0.29) is 12.4 Å². The third-order valence-electron chi connectivity index (χ3n) is 3.04. The molecular weight excluding hydrogens is 297 g/mol. The van der Waals surface area contributed by atoms with E-state index in [4.69, 9.17) is 4.74 Å². The van der Waals surface area contributed by atoms with Crippen molar-refractivity contribution in [1.29, 1.82) is 0 Å². The lowest BCUT2D eigenvalue weighted by Crippen LogP contribution is -2.05. The molecule has 0 amide bonds. The van der Waals surface area contributed by atoms with Gasteiger partial charge in [-0.25, -0.2) is 14.4 Å². The molecule has 0 spiro atoms. The maximum atomic E-state index is 12.9. The fourth-order valence-electron chi connectivity index (χ4n) is 2.05. The molecule has 23 heavy (non-hydrogen) atoms. The number of rotatable bonds is 5. The van der Waals surface area contributed by atoms with Crippen LogP contribution in [0.4, 0.5) is 16.0 Å². The van der Waals surface area contributed by atoms with Gasteiger partial charge in [-0.05, 0) is 38.1 Å². The standard InChI is InChI=1S/C16H16FN5O/c1-10-7-14(19-15-8-11(2)21-22-15)20-16(18-10)9-23-13-5-3-12(17)4-6-13/h3-8H,9H2,1-2H3,(H2,18,19,20,21,22). The van der Waals surface area contributed by atoms with Crippen molar-refractivity contribution in [3.63, 3.8) is 0 Å². The molecule has 0 atom stereocenters. The number of aromatic nitrogens is 4. The van der Waals surface area contributed by atoms with Crippen molar-refractivity contribution in [2.75, 3.05) is 5.32 Å². The summed E-state index contributed by atoms with van der Waals surface area (Å²) in [6.07, 6.45) is 0. The Labute approximate surface area is 132 Å². The number of hydrogen-bond donors (Lipinski definition) is 2. The minimum atomic E-state index is -0.301. The quantitative estimate of drug-likeness (QED) is 0.756. The Morgan fingerprint density at radius 2 is 1.87 bits per heavy atom. The lowest BCUT2D eigenvalue weighted by molar-refractivity contribution is 0.295. The van der Waals surface area contributed by atoms with E-state index in [1.807, 2.05) is 26.0 Å². The molecule has 3 aromatic rings. The monoisotopic (exact) mass is 313 g/mol. The third kappa shape index (κ3) is 4.03. The highest BCUT2D eigenvalue weighted by atomic mass is 19.1. The van der Waals surface area contributed by atoms with Crippen molar-refractivity contribution in [1.82, 2.24) is 20.2 Å². The smallest absolute Gasteiger partial charge is 0.168 e. The molecule has 0 aliphatic carbocycles. The normalized spacial score (nSPS) is 10.6. The van der Waals surface area contributed by atoms with Crippen LogP contribution < -0.4 is 10.1 Å². The second-order valence-corrected chi connectivity index (χ2v) is 5.11. The molecule has 0 aliphatic heterocycles. The first-order valence-corrected chi connectivity index (χ1v) is 7.10. The number of H-pyrrole nitrogens is 1. The van der Waals surface area contributed by atoms with Crippen molar-refractivity contribution in [2.45, 2.75) is 20.5 Å². The van der Waals surface area contributed by atoms with Gasteiger partial charge in [0, 0.05) is 23.5 Å². The minimum Gasteiger partial charge on any atom is -0.486 e. The van der Waals surface area contributed by atoms with E-state index in [0.717, 1.165) is 11.4 Å². The number of anilines is 2. The first-order valence-electron chi connectivity index (χ1n) is 7.10. The van der Waals surface area contributed by atoms with Crippen molar-refractivity contribution in [3.8, 4) is 5.75 Å². The lowest BCUT2D eigenvalue weighted by atomic mass is 10.3. The molecule has 2 aromatic heterocycles. The van der Waals surface area contributed by atoms with E-state index in [2.05, 4.69) is 25.5 Å². The Morgan fingerprint density at radius 3 is 2.57 bits per heavy atom. The predicted octanol–water partition coefficient (Wildman–Crippen LogP) is 3.28. The highest BCUT2D eigenvalue weighted by molar-refractivity contribution is 5.51. The molecule has 1 aromatic carbocycles. The van der Waals surface area contributed by atoms with Gasteiger partial charge < -0.3 is 10.1 Å². The molecule has 0 aliphatic rings. The molecule has 2 heterocycles. The zero-order valence-electron chi connectivity index (χ0n) is 12.8. The van der Waals surface area contributed by atoms with Gasteiger partial charge in [0.1, 0.15) is 24.0 Å². The average molecular weight is 313 g/mol. The van der Waals surface area contributed by atoms with Crippen molar-refractivity contribution in [2.24, 2.45) is 0 Å². The molecule has 2 N–H and O–H groups in total. The maximum absolute atomic E-state index is 12.9. The number of aryl methyl sites for hydroxylation is 2. The summed E-state index contributed by atoms with van der Waals surface area (Å²) in [5, 5.41) is 10.1. The predicted molar refractivity (Wildman–Crippen MR) is 84.1 cm³/mol. The summed E-state index contributed by atoms with van der Waals surface area (Å²) in [6.45, 7) is 4.00. The van der Waals surface area contributed by atoms with E-state index < -0.39 is 0 Å². The zero-order chi connectivity index (χ0) is 16.2. The van der Waals surface area contributed by atoms with Gasteiger partial charge in [0.25, 0.3) is 0 Å². The van der Waals surface area contributed by atoms with Crippen LogP contribution in [0, 0.1) is 19.7 Å². The summed E-state index contributed by atoms with van der Waals surface area (Å²) < 4.78 is 18.4. The van der Waals surface area contributed by atoms with Gasteiger partial charge in [-0.1, -0.05) is 0 Å². The molecule has 3 rings (SSSR count). The minimum absolute atomic E-state index is 0.196. The Balaban J connectivity index is 1.70. The van der Waals surface area contributed by atoms with Gasteiger partial charge in [-0.15, -0.1) is 0 Å². The number of aromatic amines is 1. The van der Waals surface area contributed by atoms with E-state index in [1.54, 1.807) is 12.1 Å². The van der Waals surface area contributed by atoms with Gasteiger partial charge in [-0.3, -0.25) is 5.10 Å². The summed E-state index contributed by atoms with van der Waals surface area (Å²) in [6, 6.07) is 9.53. The van der Waals surface area contributed by atoms with Crippen LogP contribution in [0.1, 0.15) is 17.2 Å². The van der Waals surface area contributed by atoms with Crippen molar-refractivity contribution in [3.05, 3.63) is 59.4 Å². The molecule has 7 heteroatoms. The largest absolute Gasteiger partial charge is 0.486 e. The highest BCUT2D eigenvalue weighted by Crippen LogP contribution is 2.16. The van der Waals surface area contributed by atoms with Crippen LogP contribution in [0.25, 0.3) is 0 Å². The number of hydrogen-bond acceptors (Lipinski definition) is 5. The number of halogens is 1. The Morgan fingerprint density at radius 1 is 1.09 bits per heavy atom. The fraction of sp³-hybridized carbons (Fsp3) is 0.188. The van der Waals surface area contributed by atoms with Crippen LogP contribution in [0.5, 0.6) is 5.75 Å². The van der Waals surface area contributed by atoms with Gasteiger partial charge in [0.05, 0.1) is 0 Å². The van der Waals surface area contributed by atoms with Crippen molar-refractivity contribution < 1.29 is 9.13 Å². The van der Waals surface area contributed by atoms with Gasteiger partial charge in [0.15, 0.2) is 11.6 Å². The third-order valence-corrected chi connectivity index (χ3v) is 3.04. The van der Waals surface area contributed by atoms with E-state index in [0.29, 0.717) is 23.2 Å². The number of nitrogens with zero attached hydrogens (tertiary/aromatic N) is 3. The Hall–Kier alpha value is -2.96. The number of benzene rings is 1. The van der Waals surface area contributed by atoms with Gasteiger partial charge in [-0.2, -0.15) is 5.10 Å². The van der Waals surface area contributed by atoms with Crippen molar-refractivity contribution >= 4 is 11.6 Å². The maximum Gasteiger partial charge on any atom is 0.168 e. The summed E-state index contributed by atoms with van der Waals surface area (Å²) in [5.74, 6) is 2.12. The van der Waals surface area contributed by atoms with Crippen LogP contribution in [0.2, 0.25) is 0 Å². The van der Waals surface area contributed by atoms with Gasteiger partial charge in [0.2, 0.25) is 0 Å². The summed E-state index contributed by atoms with van der Waals surface area (Å²) in [5.41, 5.74) is 1.77. The van der Waals surface area contributed by atoms with Crippen LogP contribution in [0.15, 0.2) is 36.4 Å². The summed E-state index contributed by atoms with van der Waals surface area (Å²) >= 11 is 0. The van der Waals surface area contributed by atoms with E-state index in [1.165, 1.54) is 12.1 Å². The second kappa shape index (κ2) is 6.43. The topological polar surface area (TPSA) is 75.7 Å². The molecule has 0 unspecified atom stereocenters. The number of ether oxygens (including phenoxy) is 1. The molecule has 6 nitrogen and oxygen atoms in total. The molecule has 0 saturated heterocycles.